The van der Waals surface area contributed by atoms with Crippen LogP contribution in [0.4, 0.5) is 4.79 Å². The van der Waals surface area contributed by atoms with Gasteiger partial charge >= 0.3 is 18.0 Å². The van der Waals surface area contributed by atoms with E-state index in [0.29, 0.717) is 5.06 Å². The summed E-state index contributed by atoms with van der Waals surface area (Å²) >= 11 is 0. The minimum Gasteiger partial charge on any atom is -0.449 e. The standard InChI is InChI=1S/C21H26N2O8/c1-13(18(26)31-23-16(24)10-11-17(23)25)29-19(27)15(12-14-8-6-5-7-9-14)22-20(28)30-21(2,3)4/h5-9,13,15H,10-12H2,1-4H3,(H,22,28)/t13-,15-/m0/s1. The molecule has 0 bridgehead atoms. The Balaban J connectivity index is 2.04. The molecule has 10 nitrogen and oxygen atoms in total. The molecule has 3 amide bonds. The third-order valence-corrected chi connectivity index (χ3v) is 4.07. The van der Waals surface area contributed by atoms with Crippen LogP contribution in [0.5, 0.6) is 0 Å². The fraction of sp³-hybridized carbons (Fsp3) is 0.476. The smallest absolute Gasteiger partial charge is 0.408 e. The Morgan fingerprint density at radius 2 is 1.61 bits per heavy atom. The quantitative estimate of drug-likeness (QED) is 0.507. The zero-order chi connectivity index (χ0) is 23.2. The van der Waals surface area contributed by atoms with Crippen molar-refractivity contribution in [2.75, 3.05) is 0 Å². The first-order valence-corrected chi connectivity index (χ1v) is 9.78. The Morgan fingerprint density at radius 1 is 1.03 bits per heavy atom. The number of benzene rings is 1. The first-order valence-electron chi connectivity index (χ1n) is 9.78. The molecule has 1 fully saturated rings. The van der Waals surface area contributed by atoms with Gasteiger partial charge in [0.05, 0.1) is 0 Å². The van der Waals surface area contributed by atoms with Crippen LogP contribution >= 0.6 is 0 Å². The van der Waals surface area contributed by atoms with Gasteiger partial charge in [-0.05, 0) is 33.3 Å². The van der Waals surface area contributed by atoms with Crippen LogP contribution in [0.15, 0.2) is 30.3 Å². The molecule has 1 saturated heterocycles. The van der Waals surface area contributed by atoms with Crippen molar-refractivity contribution in [3.05, 3.63) is 35.9 Å². The van der Waals surface area contributed by atoms with Gasteiger partial charge < -0.3 is 19.6 Å². The number of carbonyl (C=O) groups is 5. The number of hydrogen-bond acceptors (Lipinski definition) is 8. The molecule has 1 aromatic carbocycles. The summed E-state index contributed by atoms with van der Waals surface area (Å²) in [5, 5.41) is 2.82. The fourth-order valence-corrected chi connectivity index (χ4v) is 2.62. The lowest BCUT2D eigenvalue weighted by Gasteiger charge is -2.24. The predicted molar refractivity (Wildman–Crippen MR) is 106 cm³/mol. The normalized spacial score (nSPS) is 15.8. The van der Waals surface area contributed by atoms with Crippen LogP contribution in [0.1, 0.15) is 46.1 Å². The Kier molecular flexibility index (Phi) is 7.73. The van der Waals surface area contributed by atoms with Gasteiger partial charge in [-0.1, -0.05) is 30.3 Å². The van der Waals surface area contributed by atoms with E-state index in [4.69, 9.17) is 14.3 Å². The number of ether oxygens (including phenoxy) is 2. The van der Waals surface area contributed by atoms with E-state index < -0.39 is 47.6 Å². The van der Waals surface area contributed by atoms with Crippen molar-refractivity contribution in [1.29, 1.82) is 0 Å². The molecule has 31 heavy (non-hydrogen) atoms. The number of nitrogens with one attached hydrogen (secondary N) is 1. The number of amides is 3. The van der Waals surface area contributed by atoms with Crippen molar-refractivity contribution < 1.29 is 38.3 Å². The number of carbonyl (C=O) groups excluding carboxylic acids is 5. The highest BCUT2D eigenvalue weighted by Gasteiger charge is 2.36. The Bertz CT molecular complexity index is 831. The molecule has 0 unspecified atom stereocenters. The monoisotopic (exact) mass is 434 g/mol. The molecule has 2 atom stereocenters. The maximum Gasteiger partial charge on any atom is 0.408 e. The molecule has 0 aromatic heterocycles. The minimum atomic E-state index is -1.42. The number of hydroxylamine groups is 2. The van der Waals surface area contributed by atoms with Crippen LogP contribution in [-0.2, 0) is 39.9 Å². The van der Waals surface area contributed by atoms with Crippen LogP contribution in [0.2, 0.25) is 0 Å². The van der Waals surface area contributed by atoms with E-state index in [2.05, 4.69) is 5.32 Å². The molecule has 0 saturated carbocycles. The first-order chi connectivity index (χ1) is 14.5. The number of esters is 1. The largest absolute Gasteiger partial charge is 0.449 e. The summed E-state index contributed by atoms with van der Waals surface area (Å²) in [6.07, 6.45) is -2.27. The second-order valence-electron chi connectivity index (χ2n) is 7.96. The SMILES string of the molecule is C[C@H](OC(=O)[C@H](Cc1ccccc1)NC(=O)OC(C)(C)C)C(=O)ON1C(=O)CCC1=O. The van der Waals surface area contributed by atoms with Gasteiger partial charge in [0, 0.05) is 19.3 Å². The van der Waals surface area contributed by atoms with E-state index in [0.717, 1.165) is 5.56 Å². The predicted octanol–water partition coefficient (Wildman–Crippen LogP) is 1.66. The summed E-state index contributed by atoms with van der Waals surface area (Å²) in [6.45, 7) is 6.26. The molecule has 1 aromatic rings. The third kappa shape index (κ3) is 7.40. The van der Waals surface area contributed by atoms with E-state index in [9.17, 15) is 24.0 Å². The third-order valence-electron chi connectivity index (χ3n) is 4.07. The molecule has 1 aliphatic rings. The number of alkyl carbamates (subject to hydrolysis) is 1. The summed E-state index contributed by atoms with van der Waals surface area (Å²) in [4.78, 5) is 64.9. The van der Waals surface area contributed by atoms with Gasteiger partial charge in [0.1, 0.15) is 11.6 Å². The highest BCUT2D eigenvalue weighted by molar-refractivity contribution is 6.01. The zero-order valence-electron chi connectivity index (χ0n) is 17.9. The molecule has 1 N–H and O–H groups in total. The summed E-state index contributed by atoms with van der Waals surface area (Å²) in [6, 6.07) is 7.72. The summed E-state index contributed by atoms with van der Waals surface area (Å²) in [7, 11) is 0. The van der Waals surface area contributed by atoms with Crippen LogP contribution in [0.25, 0.3) is 0 Å². The van der Waals surface area contributed by atoms with Crippen molar-refractivity contribution >= 4 is 29.8 Å². The van der Waals surface area contributed by atoms with Gasteiger partial charge in [-0.15, -0.1) is 5.06 Å². The molecular formula is C21H26N2O8. The van der Waals surface area contributed by atoms with Crippen LogP contribution in [0.3, 0.4) is 0 Å². The summed E-state index contributed by atoms with van der Waals surface area (Å²) in [5.74, 6) is -3.29. The molecule has 10 heteroatoms. The van der Waals surface area contributed by atoms with Gasteiger partial charge in [0.15, 0.2) is 6.10 Å². The number of nitrogens with zero attached hydrogens (tertiary/aromatic N) is 1. The maximum atomic E-state index is 12.7. The van der Waals surface area contributed by atoms with Crippen LogP contribution in [-0.4, -0.2) is 52.7 Å². The lowest BCUT2D eigenvalue weighted by Crippen LogP contribution is -2.47. The van der Waals surface area contributed by atoms with Crippen molar-refractivity contribution in [2.24, 2.45) is 0 Å². The van der Waals surface area contributed by atoms with E-state index in [-0.39, 0.29) is 19.3 Å². The van der Waals surface area contributed by atoms with Gasteiger partial charge in [-0.2, -0.15) is 0 Å². The Hall–Kier alpha value is -3.43. The highest BCUT2D eigenvalue weighted by atomic mass is 16.7. The summed E-state index contributed by atoms with van der Waals surface area (Å²) in [5.41, 5.74) is -0.0408. The molecule has 0 spiro atoms. The highest BCUT2D eigenvalue weighted by Crippen LogP contribution is 2.14. The number of imide groups is 1. The topological polar surface area (TPSA) is 128 Å². The fourth-order valence-electron chi connectivity index (χ4n) is 2.62. The average molecular weight is 434 g/mol. The lowest BCUT2D eigenvalue weighted by molar-refractivity contribution is -0.205. The molecule has 0 aliphatic carbocycles. The van der Waals surface area contributed by atoms with Crippen LogP contribution < -0.4 is 5.32 Å². The van der Waals surface area contributed by atoms with Crippen LogP contribution in [0, 0.1) is 0 Å². The Morgan fingerprint density at radius 3 is 2.16 bits per heavy atom. The van der Waals surface area contributed by atoms with Crippen molar-refractivity contribution in [3.63, 3.8) is 0 Å². The van der Waals surface area contributed by atoms with Gasteiger partial charge in [-0.25, -0.2) is 14.4 Å². The Labute approximate surface area is 179 Å². The van der Waals surface area contributed by atoms with Crippen molar-refractivity contribution in [2.45, 2.75) is 64.7 Å². The minimum absolute atomic E-state index is 0.0563. The van der Waals surface area contributed by atoms with E-state index >= 15 is 0 Å². The van der Waals surface area contributed by atoms with Gasteiger partial charge in [0.25, 0.3) is 11.8 Å². The van der Waals surface area contributed by atoms with E-state index in [1.807, 2.05) is 0 Å². The molecular weight excluding hydrogens is 408 g/mol. The number of hydrogen-bond donors (Lipinski definition) is 1. The zero-order valence-corrected chi connectivity index (χ0v) is 17.9. The summed E-state index contributed by atoms with van der Waals surface area (Å²) < 4.78 is 10.3. The van der Waals surface area contributed by atoms with E-state index in [1.54, 1.807) is 51.1 Å². The lowest BCUT2D eigenvalue weighted by atomic mass is 10.1. The molecule has 0 radical (unpaired) electrons. The molecule has 2 rings (SSSR count). The molecule has 168 valence electrons. The second kappa shape index (κ2) is 10.1. The van der Waals surface area contributed by atoms with E-state index in [1.165, 1.54) is 6.92 Å². The van der Waals surface area contributed by atoms with Crippen molar-refractivity contribution in [3.8, 4) is 0 Å². The average Bonchev–Trinajstić information content (AvgIpc) is 2.98. The molecule has 1 aliphatic heterocycles. The van der Waals surface area contributed by atoms with Crippen molar-refractivity contribution in [1.82, 2.24) is 10.4 Å². The second-order valence-corrected chi connectivity index (χ2v) is 7.96. The maximum absolute atomic E-state index is 12.7. The van der Waals surface area contributed by atoms with Gasteiger partial charge in [0.2, 0.25) is 0 Å². The first kappa shape index (κ1) is 23.8. The van der Waals surface area contributed by atoms with Gasteiger partial charge in [-0.3, -0.25) is 9.59 Å². The number of rotatable bonds is 7. The molecule has 1 heterocycles.